The van der Waals surface area contributed by atoms with E-state index in [9.17, 15) is 14.7 Å². The van der Waals surface area contributed by atoms with Crippen LogP contribution in [0.5, 0.6) is 0 Å². The molecule has 40 heavy (non-hydrogen) atoms. The Kier molecular flexibility index (Phi) is 10.9. The molecule has 3 aliphatic rings. The normalized spacial score (nSPS) is 40.2. The highest BCUT2D eigenvalue weighted by Gasteiger charge is 2.52. The fourth-order valence-corrected chi connectivity index (χ4v) is 7.04. The third-order valence-corrected chi connectivity index (χ3v) is 9.77. The molecule has 10 heteroatoms. The molecular formula is C30H55N3O7. The van der Waals surface area contributed by atoms with Gasteiger partial charge in [0.15, 0.2) is 12.1 Å². The van der Waals surface area contributed by atoms with Crippen LogP contribution in [0.1, 0.15) is 67.2 Å². The van der Waals surface area contributed by atoms with Crippen molar-refractivity contribution in [3.63, 3.8) is 0 Å². The van der Waals surface area contributed by atoms with E-state index in [-0.39, 0.29) is 36.0 Å². The SMILES string of the molecule is CO[C@]1(C)C[C@@H](C)CN(C)C2(CCNCC2)COC(=O)C(C)(C)C(=O)[C@H](C)[C@H]1O[C@@H]1O[C@H](C)C[C@H](N(C)C)[C@H]1O. The summed E-state index contributed by atoms with van der Waals surface area (Å²) in [5.74, 6) is -1.38. The number of likely N-dealkylation sites (N-methyl/N-ethyl adjacent to an activating group) is 2. The van der Waals surface area contributed by atoms with Crippen LogP contribution < -0.4 is 5.32 Å². The highest BCUT2D eigenvalue weighted by molar-refractivity contribution is 6.04. The fourth-order valence-electron chi connectivity index (χ4n) is 7.04. The van der Waals surface area contributed by atoms with E-state index in [4.69, 9.17) is 18.9 Å². The van der Waals surface area contributed by atoms with E-state index in [1.54, 1.807) is 27.9 Å². The number of hydrogen-bond donors (Lipinski definition) is 2. The number of aliphatic hydroxyl groups excluding tert-OH is 1. The molecule has 3 saturated heterocycles. The van der Waals surface area contributed by atoms with Crippen LogP contribution >= 0.6 is 0 Å². The summed E-state index contributed by atoms with van der Waals surface area (Å²) in [7, 11) is 7.59. The maximum absolute atomic E-state index is 14.1. The van der Waals surface area contributed by atoms with Gasteiger partial charge in [-0.3, -0.25) is 14.5 Å². The quantitative estimate of drug-likeness (QED) is 0.386. The average molecular weight is 570 g/mol. The van der Waals surface area contributed by atoms with E-state index in [1.807, 2.05) is 32.8 Å². The van der Waals surface area contributed by atoms with Gasteiger partial charge in [0.25, 0.3) is 0 Å². The molecule has 3 aliphatic heterocycles. The minimum atomic E-state index is -1.40. The number of Topliss-reactive ketones (excluding diaryl/α,β-unsaturated/α-hetero) is 1. The molecule has 3 fully saturated rings. The van der Waals surface area contributed by atoms with Crippen molar-refractivity contribution in [1.82, 2.24) is 15.1 Å². The molecule has 0 aromatic heterocycles. The monoisotopic (exact) mass is 569 g/mol. The molecule has 10 nitrogen and oxygen atoms in total. The van der Waals surface area contributed by atoms with Gasteiger partial charge in [-0.05, 0) is 93.5 Å². The molecule has 0 saturated carbocycles. The van der Waals surface area contributed by atoms with Crippen molar-refractivity contribution in [3.05, 3.63) is 0 Å². The third kappa shape index (κ3) is 6.90. The van der Waals surface area contributed by atoms with Crippen molar-refractivity contribution in [2.75, 3.05) is 54.5 Å². The number of carbonyl (C=O) groups is 2. The van der Waals surface area contributed by atoms with Crippen molar-refractivity contribution in [1.29, 1.82) is 0 Å². The molecule has 0 radical (unpaired) electrons. The van der Waals surface area contributed by atoms with E-state index < -0.39 is 41.4 Å². The van der Waals surface area contributed by atoms with Gasteiger partial charge in [-0.2, -0.15) is 0 Å². The molecular weight excluding hydrogens is 514 g/mol. The number of carbonyl (C=O) groups excluding carboxylic acids is 2. The Labute approximate surface area is 241 Å². The predicted octanol–water partition coefficient (Wildman–Crippen LogP) is 2.07. The van der Waals surface area contributed by atoms with Crippen molar-refractivity contribution in [3.8, 4) is 0 Å². The Morgan fingerprint density at radius 3 is 2.30 bits per heavy atom. The van der Waals surface area contributed by atoms with Crippen LogP contribution in [0.2, 0.25) is 0 Å². The molecule has 232 valence electrons. The first kappa shape index (κ1) is 33.4. The lowest BCUT2D eigenvalue weighted by Gasteiger charge is -2.47. The Balaban J connectivity index is 2.02. The molecule has 0 aromatic carbocycles. The molecule has 3 rings (SSSR count). The van der Waals surface area contributed by atoms with Gasteiger partial charge in [0.2, 0.25) is 0 Å². The molecule has 2 N–H and O–H groups in total. The van der Waals surface area contributed by atoms with Gasteiger partial charge in [0.05, 0.1) is 23.3 Å². The number of hydrogen-bond acceptors (Lipinski definition) is 10. The van der Waals surface area contributed by atoms with Crippen LogP contribution in [0.15, 0.2) is 0 Å². The lowest BCUT2D eigenvalue weighted by molar-refractivity contribution is -0.295. The van der Waals surface area contributed by atoms with Gasteiger partial charge in [-0.25, -0.2) is 0 Å². The largest absolute Gasteiger partial charge is 0.463 e. The smallest absolute Gasteiger partial charge is 0.319 e. The van der Waals surface area contributed by atoms with E-state index in [1.165, 1.54) is 0 Å². The summed E-state index contributed by atoms with van der Waals surface area (Å²) in [6, 6.07) is -0.163. The van der Waals surface area contributed by atoms with Gasteiger partial charge >= 0.3 is 5.97 Å². The second-order valence-electron chi connectivity index (χ2n) is 13.7. The Morgan fingerprint density at radius 2 is 1.73 bits per heavy atom. The van der Waals surface area contributed by atoms with Crippen LogP contribution in [0, 0.1) is 17.3 Å². The molecule has 0 unspecified atom stereocenters. The first-order chi connectivity index (χ1) is 18.6. The first-order valence-electron chi connectivity index (χ1n) is 14.9. The topological polar surface area (TPSA) is 110 Å². The van der Waals surface area contributed by atoms with Gasteiger partial charge in [-0.15, -0.1) is 0 Å². The number of rotatable bonds is 4. The lowest BCUT2D eigenvalue weighted by atomic mass is 9.74. The highest BCUT2D eigenvalue weighted by Crippen LogP contribution is 2.39. The lowest BCUT2D eigenvalue weighted by Crippen LogP contribution is -2.59. The summed E-state index contributed by atoms with van der Waals surface area (Å²) in [4.78, 5) is 31.9. The number of ether oxygens (including phenoxy) is 4. The molecule has 0 amide bonds. The maximum atomic E-state index is 14.1. The number of ketones is 1. The maximum Gasteiger partial charge on any atom is 0.319 e. The molecule has 0 aromatic rings. The van der Waals surface area contributed by atoms with E-state index >= 15 is 0 Å². The molecule has 0 aliphatic carbocycles. The van der Waals surface area contributed by atoms with Gasteiger partial charge < -0.3 is 34.3 Å². The molecule has 1 spiro atoms. The number of piperidine rings is 1. The molecule has 8 atom stereocenters. The minimum absolute atomic E-state index is 0.143. The summed E-state index contributed by atoms with van der Waals surface area (Å²) in [5.41, 5.74) is -2.60. The van der Waals surface area contributed by atoms with Crippen molar-refractivity contribution in [2.24, 2.45) is 17.3 Å². The number of esters is 1. The van der Waals surface area contributed by atoms with Crippen LogP contribution in [0.25, 0.3) is 0 Å². The molecule has 3 heterocycles. The number of nitrogens with one attached hydrogen (secondary N) is 1. The predicted molar refractivity (Wildman–Crippen MR) is 153 cm³/mol. The summed E-state index contributed by atoms with van der Waals surface area (Å²) >= 11 is 0. The Morgan fingerprint density at radius 1 is 1.10 bits per heavy atom. The number of cyclic esters (lactones) is 1. The van der Waals surface area contributed by atoms with Crippen LogP contribution in [-0.2, 0) is 28.5 Å². The third-order valence-electron chi connectivity index (χ3n) is 9.77. The zero-order valence-electron chi connectivity index (χ0n) is 26.5. The van der Waals surface area contributed by atoms with Crippen LogP contribution in [-0.4, -0.2) is 123 Å². The van der Waals surface area contributed by atoms with Gasteiger partial charge in [-0.1, -0.05) is 13.8 Å². The van der Waals surface area contributed by atoms with Crippen LogP contribution in [0.3, 0.4) is 0 Å². The average Bonchev–Trinajstić information content (AvgIpc) is 2.90. The zero-order valence-corrected chi connectivity index (χ0v) is 26.5. The first-order valence-corrected chi connectivity index (χ1v) is 14.9. The second kappa shape index (κ2) is 13.0. The van der Waals surface area contributed by atoms with Crippen molar-refractivity contribution < 1.29 is 33.6 Å². The summed E-state index contributed by atoms with van der Waals surface area (Å²) in [6.07, 6.45) is 0.173. The van der Waals surface area contributed by atoms with Gasteiger partial charge in [0, 0.05) is 25.6 Å². The summed E-state index contributed by atoms with van der Waals surface area (Å²) in [5, 5.41) is 14.7. The highest BCUT2D eigenvalue weighted by atomic mass is 16.7. The minimum Gasteiger partial charge on any atom is -0.463 e. The van der Waals surface area contributed by atoms with Crippen molar-refractivity contribution >= 4 is 11.8 Å². The number of aliphatic hydroxyl groups is 1. The van der Waals surface area contributed by atoms with E-state index in [0.717, 1.165) is 32.5 Å². The standard InChI is InChI=1S/C30H55N3O7/c1-19-16-29(6,37-10)25(40-26-23(34)22(32(7)8)15-20(2)39-26)21(3)24(35)28(4,5)27(36)38-18-30(33(9)17-19)11-13-31-14-12-30/h19-23,25-26,31,34H,11-18H2,1-10H3/t19-,20-,21+,22+,23-,25-,26+,29-/m1/s1. The summed E-state index contributed by atoms with van der Waals surface area (Å²) < 4.78 is 24.9. The Hall–Kier alpha value is -1.14. The summed E-state index contributed by atoms with van der Waals surface area (Å²) in [6.45, 7) is 13.8. The molecule has 0 bridgehead atoms. The van der Waals surface area contributed by atoms with Gasteiger partial charge in [0.1, 0.15) is 18.1 Å². The second-order valence-corrected chi connectivity index (χ2v) is 13.7. The van der Waals surface area contributed by atoms with Crippen LogP contribution in [0.4, 0.5) is 0 Å². The van der Waals surface area contributed by atoms with Crippen molar-refractivity contribution in [2.45, 2.75) is 109 Å². The number of nitrogens with zero attached hydrogens (tertiary/aromatic N) is 2. The van der Waals surface area contributed by atoms with E-state index in [2.05, 4.69) is 24.2 Å². The zero-order chi connectivity index (χ0) is 30.0. The Bertz CT molecular complexity index is 877. The fraction of sp³-hybridized carbons (Fsp3) is 0.933. The van der Waals surface area contributed by atoms with E-state index in [0.29, 0.717) is 12.8 Å². The number of methoxy groups -OCH3 is 1.